The first-order valence-electron chi connectivity index (χ1n) is 4.59. The number of ketones is 1. The number of nitrogens with one attached hydrogen (secondary N) is 1. The molecule has 0 heterocycles. The summed E-state index contributed by atoms with van der Waals surface area (Å²) in [4.78, 5) is 11.5. The molecule has 0 aliphatic carbocycles. The monoisotopic (exact) mass is 221 g/mol. The van der Waals surface area contributed by atoms with E-state index in [-0.39, 0.29) is 11.5 Å². The lowest BCUT2D eigenvalue weighted by atomic mass is 9.96. The van der Waals surface area contributed by atoms with Gasteiger partial charge in [-0.1, -0.05) is 0 Å². The average Bonchev–Trinajstić information content (AvgIpc) is 2.02. The minimum absolute atomic E-state index is 0.0450. The summed E-state index contributed by atoms with van der Waals surface area (Å²) in [5, 5.41) is 2.89. The molecule has 0 atom stereocenters. The van der Waals surface area contributed by atoms with E-state index < -0.39 is 15.4 Å². The number of Topliss-reactive ketones (excluding diaryl/α,β-unsaturated/α-hetero) is 1. The van der Waals surface area contributed by atoms with E-state index in [2.05, 4.69) is 5.32 Å². The highest BCUT2D eigenvalue weighted by atomic mass is 32.2. The van der Waals surface area contributed by atoms with E-state index in [9.17, 15) is 13.2 Å². The lowest BCUT2D eigenvalue weighted by Gasteiger charge is -2.21. The predicted octanol–water partition coefficient (Wildman–Crippen LogP) is 0.378. The first kappa shape index (κ1) is 13.6. The first-order valence-corrected chi connectivity index (χ1v) is 6.65. The van der Waals surface area contributed by atoms with Crippen molar-refractivity contribution in [1.82, 2.24) is 5.32 Å². The van der Waals surface area contributed by atoms with Gasteiger partial charge in [0.1, 0.15) is 9.84 Å². The first-order chi connectivity index (χ1) is 6.19. The van der Waals surface area contributed by atoms with Crippen LogP contribution < -0.4 is 5.32 Å². The number of hydrogen-bond acceptors (Lipinski definition) is 4. The van der Waals surface area contributed by atoms with Gasteiger partial charge in [0.05, 0.1) is 11.3 Å². The van der Waals surface area contributed by atoms with Crippen molar-refractivity contribution in [3.63, 3.8) is 0 Å². The summed E-state index contributed by atoms with van der Waals surface area (Å²) in [7, 11) is -1.23. The normalized spacial score (nSPS) is 12.9. The van der Waals surface area contributed by atoms with E-state index in [1.807, 2.05) is 0 Å². The van der Waals surface area contributed by atoms with Gasteiger partial charge >= 0.3 is 0 Å². The Morgan fingerprint density at radius 2 is 1.86 bits per heavy atom. The Hall–Kier alpha value is -0.420. The van der Waals surface area contributed by atoms with Crippen LogP contribution in [-0.2, 0) is 14.6 Å². The van der Waals surface area contributed by atoms with Crippen LogP contribution in [0.1, 0.15) is 26.7 Å². The summed E-state index contributed by atoms with van der Waals surface area (Å²) >= 11 is 0. The third kappa shape index (κ3) is 5.34. The summed E-state index contributed by atoms with van der Waals surface area (Å²) in [5.74, 6) is 0.127. The van der Waals surface area contributed by atoms with Crippen molar-refractivity contribution < 1.29 is 13.2 Å². The summed E-state index contributed by atoms with van der Waals surface area (Å²) in [6, 6.07) is 0. The second-order valence-corrected chi connectivity index (χ2v) is 6.29. The molecule has 0 fully saturated rings. The van der Waals surface area contributed by atoms with Crippen LogP contribution >= 0.6 is 0 Å². The molecule has 1 N–H and O–H groups in total. The van der Waals surface area contributed by atoms with Crippen molar-refractivity contribution in [1.29, 1.82) is 0 Å². The third-order valence-electron chi connectivity index (χ3n) is 2.24. The molecule has 84 valence electrons. The molecule has 0 radical (unpaired) electrons. The fourth-order valence-electron chi connectivity index (χ4n) is 0.947. The second kappa shape index (κ2) is 4.89. The standard InChI is InChI=1S/C9H19NO3S/c1-9(2,10-3)8(11)6-5-7-14(4,12)13/h10H,5-7H2,1-4H3. The molecule has 0 spiro atoms. The van der Waals surface area contributed by atoms with Crippen molar-refractivity contribution in [3.8, 4) is 0 Å². The van der Waals surface area contributed by atoms with Crippen LogP contribution in [0.5, 0.6) is 0 Å². The van der Waals surface area contributed by atoms with Gasteiger partial charge in [-0.25, -0.2) is 8.42 Å². The molecule has 0 saturated heterocycles. The van der Waals surface area contributed by atoms with Gasteiger partial charge < -0.3 is 5.32 Å². The average molecular weight is 221 g/mol. The fourth-order valence-corrected chi connectivity index (χ4v) is 1.62. The maximum Gasteiger partial charge on any atom is 0.152 e. The number of sulfone groups is 1. The molecular formula is C9H19NO3S. The third-order valence-corrected chi connectivity index (χ3v) is 3.27. The smallest absolute Gasteiger partial charge is 0.152 e. The molecule has 0 amide bonds. The van der Waals surface area contributed by atoms with E-state index in [0.717, 1.165) is 0 Å². The van der Waals surface area contributed by atoms with Crippen molar-refractivity contribution in [2.75, 3.05) is 19.1 Å². The van der Waals surface area contributed by atoms with Crippen molar-refractivity contribution >= 4 is 15.6 Å². The molecule has 0 aliphatic rings. The van der Waals surface area contributed by atoms with E-state index in [0.29, 0.717) is 12.8 Å². The molecule has 0 aromatic rings. The molecule has 0 aromatic heterocycles. The molecule has 4 nitrogen and oxygen atoms in total. The van der Waals surface area contributed by atoms with E-state index in [4.69, 9.17) is 0 Å². The zero-order valence-electron chi connectivity index (χ0n) is 9.25. The van der Waals surface area contributed by atoms with E-state index in [1.165, 1.54) is 6.26 Å². The van der Waals surface area contributed by atoms with Gasteiger partial charge in [-0.2, -0.15) is 0 Å². The molecule has 0 saturated carbocycles. The molecule has 0 bridgehead atoms. The maximum atomic E-state index is 11.5. The number of carbonyl (C=O) groups is 1. The summed E-state index contributed by atoms with van der Waals surface area (Å²) in [6.07, 6.45) is 1.89. The molecule has 0 aliphatic heterocycles. The summed E-state index contributed by atoms with van der Waals surface area (Å²) in [6.45, 7) is 3.57. The Kier molecular flexibility index (Phi) is 4.74. The Balaban J connectivity index is 3.99. The van der Waals surface area contributed by atoms with Gasteiger partial charge in [-0.05, 0) is 27.3 Å². The number of rotatable bonds is 6. The summed E-state index contributed by atoms with van der Waals surface area (Å²) < 4.78 is 21.6. The number of likely N-dealkylation sites (N-methyl/N-ethyl adjacent to an activating group) is 1. The van der Waals surface area contributed by atoms with Crippen molar-refractivity contribution in [2.24, 2.45) is 0 Å². The van der Waals surface area contributed by atoms with Crippen LogP contribution in [0.2, 0.25) is 0 Å². The lowest BCUT2D eigenvalue weighted by molar-refractivity contribution is -0.124. The zero-order chi connectivity index (χ0) is 11.4. The molecule has 14 heavy (non-hydrogen) atoms. The highest BCUT2D eigenvalue weighted by Crippen LogP contribution is 2.08. The zero-order valence-corrected chi connectivity index (χ0v) is 10.1. The highest BCUT2D eigenvalue weighted by Gasteiger charge is 2.24. The predicted molar refractivity (Wildman–Crippen MR) is 57.1 cm³/mol. The van der Waals surface area contributed by atoms with E-state index >= 15 is 0 Å². The maximum absolute atomic E-state index is 11.5. The number of hydrogen-bond donors (Lipinski definition) is 1. The fraction of sp³-hybridized carbons (Fsp3) is 0.889. The molecule has 5 heteroatoms. The minimum atomic E-state index is -2.94. The van der Waals surface area contributed by atoms with Crippen molar-refractivity contribution in [2.45, 2.75) is 32.2 Å². The van der Waals surface area contributed by atoms with Crippen LogP contribution in [0, 0.1) is 0 Å². The van der Waals surface area contributed by atoms with Crippen LogP contribution in [0.4, 0.5) is 0 Å². The van der Waals surface area contributed by atoms with Gasteiger partial charge in [0.2, 0.25) is 0 Å². The Morgan fingerprint density at radius 3 is 2.21 bits per heavy atom. The van der Waals surface area contributed by atoms with Gasteiger partial charge in [0.25, 0.3) is 0 Å². The lowest BCUT2D eigenvalue weighted by Crippen LogP contribution is -2.44. The highest BCUT2D eigenvalue weighted by molar-refractivity contribution is 7.90. The van der Waals surface area contributed by atoms with Crippen LogP contribution in [0.3, 0.4) is 0 Å². The van der Waals surface area contributed by atoms with Crippen molar-refractivity contribution in [3.05, 3.63) is 0 Å². The van der Waals surface area contributed by atoms with E-state index in [1.54, 1.807) is 20.9 Å². The Labute approximate surface area is 86.0 Å². The minimum Gasteiger partial charge on any atom is -0.308 e. The van der Waals surface area contributed by atoms with Gasteiger partial charge in [-0.15, -0.1) is 0 Å². The topological polar surface area (TPSA) is 63.2 Å². The van der Waals surface area contributed by atoms with Gasteiger partial charge in [-0.3, -0.25) is 4.79 Å². The largest absolute Gasteiger partial charge is 0.308 e. The molecule has 0 unspecified atom stereocenters. The van der Waals surface area contributed by atoms with Crippen LogP contribution in [0.25, 0.3) is 0 Å². The Morgan fingerprint density at radius 1 is 1.36 bits per heavy atom. The second-order valence-electron chi connectivity index (χ2n) is 4.03. The number of carbonyl (C=O) groups excluding carboxylic acids is 1. The van der Waals surface area contributed by atoms with Crippen LogP contribution in [-0.4, -0.2) is 38.8 Å². The van der Waals surface area contributed by atoms with Crippen LogP contribution in [0.15, 0.2) is 0 Å². The Bertz CT molecular complexity index is 293. The quantitative estimate of drug-likeness (QED) is 0.704. The SMILES string of the molecule is CNC(C)(C)C(=O)CCCS(C)(=O)=O. The summed E-state index contributed by atoms with van der Waals surface area (Å²) in [5.41, 5.74) is -0.558. The molecule has 0 rings (SSSR count). The molecular weight excluding hydrogens is 202 g/mol. The van der Waals surface area contributed by atoms with Gasteiger partial charge in [0.15, 0.2) is 5.78 Å². The molecule has 0 aromatic carbocycles. The van der Waals surface area contributed by atoms with Gasteiger partial charge in [0, 0.05) is 12.7 Å².